The molecule has 6 nitrogen and oxygen atoms in total. The van der Waals surface area contributed by atoms with Crippen LogP contribution in [0.4, 0.5) is 0 Å². The molecular formula is C9H17BrN2O4S. The Kier molecular flexibility index (Phi) is 4.79. The third kappa shape index (κ3) is 2.99. The Morgan fingerprint density at radius 1 is 1.12 bits per heavy atom. The van der Waals surface area contributed by atoms with Crippen LogP contribution in [0.5, 0.6) is 0 Å². The predicted octanol–water partition coefficient (Wildman–Crippen LogP) is -0.341. The number of halogens is 1. The van der Waals surface area contributed by atoms with Gasteiger partial charge in [0, 0.05) is 25.0 Å². The van der Waals surface area contributed by atoms with E-state index in [0.717, 1.165) is 0 Å². The molecule has 0 aliphatic carbocycles. The van der Waals surface area contributed by atoms with Gasteiger partial charge in [0.25, 0.3) is 10.2 Å². The number of morpholine rings is 2. The van der Waals surface area contributed by atoms with Crippen molar-refractivity contribution in [3.05, 3.63) is 0 Å². The van der Waals surface area contributed by atoms with E-state index in [-0.39, 0.29) is 6.04 Å². The average molecular weight is 329 g/mol. The molecule has 0 aromatic heterocycles. The Hall–Kier alpha value is 0.270. The minimum Gasteiger partial charge on any atom is -0.379 e. The minimum absolute atomic E-state index is 0.114. The van der Waals surface area contributed by atoms with Crippen molar-refractivity contribution in [2.75, 3.05) is 51.4 Å². The second-order valence-electron chi connectivity index (χ2n) is 4.01. The maximum absolute atomic E-state index is 12.4. The number of hydrogen-bond donors (Lipinski definition) is 0. The van der Waals surface area contributed by atoms with E-state index in [0.29, 0.717) is 51.4 Å². The second-order valence-corrected chi connectivity index (χ2v) is 6.54. The summed E-state index contributed by atoms with van der Waals surface area (Å²) in [6.45, 7) is 3.17. The average Bonchev–Trinajstić information content (AvgIpc) is 2.39. The SMILES string of the molecule is O=S(=O)(N1CCOCC1)N1CCOCC1CBr. The molecule has 0 spiro atoms. The maximum Gasteiger partial charge on any atom is 0.282 e. The summed E-state index contributed by atoms with van der Waals surface area (Å²) in [5, 5.41) is 0.594. The van der Waals surface area contributed by atoms with Crippen molar-refractivity contribution in [2.24, 2.45) is 0 Å². The Bertz CT molecular complexity index is 345. The highest BCUT2D eigenvalue weighted by molar-refractivity contribution is 9.09. The van der Waals surface area contributed by atoms with Crippen LogP contribution in [0.2, 0.25) is 0 Å². The molecule has 2 aliphatic heterocycles. The van der Waals surface area contributed by atoms with Crippen LogP contribution < -0.4 is 0 Å². The van der Waals surface area contributed by atoms with Crippen LogP contribution >= 0.6 is 15.9 Å². The predicted molar refractivity (Wildman–Crippen MR) is 66.4 cm³/mol. The fourth-order valence-corrected chi connectivity index (χ4v) is 4.44. The third-order valence-corrected chi connectivity index (χ3v) is 5.78. The van der Waals surface area contributed by atoms with E-state index in [1.165, 1.54) is 8.61 Å². The molecule has 100 valence electrons. The highest BCUT2D eigenvalue weighted by Crippen LogP contribution is 2.18. The van der Waals surface area contributed by atoms with Crippen molar-refractivity contribution < 1.29 is 17.9 Å². The molecule has 17 heavy (non-hydrogen) atoms. The van der Waals surface area contributed by atoms with E-state index in [4.69, 9.17) is 9.47 Å². The summed E-state index contributed by atoms with van der Waals surface area (Å²) in [5.41, 5.74) is 0. The Morgan fingerprint density at radius 2 is 1.76 bits per heavy atom. The first kappa shape index (κ1) is 13.7. The van der Waals surface area contributed by atoms with Gasteiger partial charge in [-0.15, -0.1) is 0 Å². The lowest BCUT2D eigenvalue weighted by molar-refractivity contribution is 0.0318. The van der Waals surface area contributed by atoms with Gasteiger partial charge in [-0.2, -0.15) is 17.0 Å². The van der Waals surface area contributed by atoms with Crippen LogP contribution in [0, 0.1) is 0 Å². The summed E-state index contributed by atoms with van der Waals surface area (Å²) in [7, 11) is -3.37. The van der Waals surface area contributed by atoms with E-state index in [2.05, 4.69) is 15.9 Å². The number of hydrogen-bond acceptors (Lipinski definition) is 4. The standard InChI is InChI=1S/C9H17BrN2O4S/c10-7-9-8-16-6-3-12(9)17(13,14)11-1-4-15-5-2-11/h9H,1-8H2. The zero-order chi connectivity index (χ0) is 12.3. The molecule has 2 saturated heterocycles. The van der Waals surface area contributed by atoms with E-state index < -0.39 is 10.2 Å². The smallest absolute Gasteiger partial charge is 0.282 e. The van der Waals surface area contributed by atoms with Crippen molar-refractivity contribution in [2.45, 2.75) is 6.04 Å². The van der Waals surface area contributed by atoms with Crippen molar-refractivity contribution in [3.63, 3.8) is 0 Å². The van der Waals surface area contributed by atoms with E-state index >= 15 is 0 Å². The summed E-state index contributed by atoms with van der Waals surface area (Å²) in [6, 6.07) is -0.114. The largest absolute Gasteiger partial charge is 0.379 e. The van der Waals surface area contributed by atoms with Crippen LogP contribution in [0.3, 0.4) is 0 Å². The minimum atomic E-state index is -3.37. The quantitative estimate of drug-likeness (QED) is 0.665. The fourth-order valence-electron chi connectivity index (χ4n) is 1.99. The van der Waals surface area contributed by atoms with Crippen LogP contribution in [0.15, 0.2) is 0 Å². The van der Waals surface area contributed by atoms with Crippen LogP contribution in [-0.4, -0.2) is 74.5 Å². The third-order valence-electron chi connectivity index (χ3n) is 2.94. The second kappa shape index (κ2) is 5.94. The van der Waals surface area contributed by atoms with Crippen molar-refractivity contribution >= 4 is 26.1 Å². The molecule has 0 N–H and O–H groups in total. The van der Waals surface area contributed by atoms with Gasteiger partial charge < -0.3 is 9.47 Å². The van der Waals surface area contributed by atoms with Gasteiger partial charge in [0.05, 0.1) is 32.5 Å². The number of rotatable bonds is 3. The molecule has 0 saturated carbocycles. The van der Waals surface area contributed by atoms with Crippen LogP contribution in [0.1, 0.15) is 0 Å². The van der Waals surface area contributed by atoms with E-state index in [9.17, 15) is 8.42 Å². The molecule has 2 rings (SSSR count). The van der Waals surface area contributed by atoms with Gasteiger partial charge in [-0.3, -0.25) is 0 Å². The Labute approximate surface area is 110 Å². The summed E-state index contributed by atoms with van der Waals surface area (Å²) < 4.78 is 38.4. The van der Waals surface area contributed by atoms with Gasteiger partial charge in [0.15, 0.2) is 0 Å². The van der Waals surface area contributed by atoms with Gasteiger partial charge in [0.1, 0.15) is 0 Å². The summed E-state index contributed by atoms with van der Waals surface area (Å²) in [6.07, 6.45) is 0. The number of ether oxygens (including phenoxy) is 2. The lowest BCUT2D eigenvalue weighted by atomic mass is 10.3. The number of alkyl halides is 1. The zero-order valence-corrected chi connectivity index (χ0v) is 12.0. The van der Waals surface area contributed by atoms with Crippen LogP contribution in [-0.2, 0) is 19.7 Å². The zero-order valence-electron chi connectivity index (χ0n) is 9.55. The van der Waals surface area contributed by atoms with Crippen molar-refractivity contribution in [1.82, 2.24) is 8.61 Å². The van der Waals surface area contributed by atoms with Gasteiger partial charge >= 0.3 is 0 Å². The molecule has 1 atom stereocenters. The molecule has 8 heteroatoms. The molecule has 1 unspecified atom stereocenters. The Morgan fingerprint density at radius 3 is 2.41 bits per heavy atom. The molecule has 0 bridgehead atoms. The topological polar surface area (TPSA) is 59.1 Å². The molecule has 2 heterocycles. The van der Waals surface area contributed by atoms with Crippen LogP contribution in [0.25, 0.3) is 0 Å². The molecule has 2 aliphatic rings. The van der Waals surface area contributed by atoms with Gasteiger partial charge in [0.2, 0.25) is 0 Å². The first-order chi connectivity index (χ1) is 8.16. The summed E-state index contributed by atoms with van der Waals surface area (Å²) >= 11 is 3.34. The van der Waals surface area contributed by atoms with Gasteiger partial charge in [-0.1, -0.05) is 15.9 Å². The first-order valence-corrected chi connectivity index (χ1v) is 8.16. The highest BCUT2D eigenvalue weighted by Gasteiger charge is 2.37. The normalized spacial score (nSPS) is 29.4. The summed E-state index contributed by atoms with van der Waals surface area (Å²) in [4.78, 5) is 0. The monoisotopic (exact) mass is 328 g/mol. The number of nitrogens with zero attached hydrogens (tertiary/aromatic N) is 2. The lowest BCUT2D eigenvalue weighted by Crippen LogP contribution is -2.56. The van der Waals surface area contributed by atoms with Gasteiger partial charge in [-0.05, 0) is 0 Å². The highest BCUT2D eigenvalue weighted by atomic mass is 79.9. The first-order valence-electron chi connectivity index (χ1n) is 5.64. The van der Waals surface area contributed by atoms with Crippen molar-refractivity contribution in [1.29, 1.82) is 0 Å². The van der Waals surface area contributed by atoms with Gasteiger partial charge in [-0.25, -0.2) is 0 Å². The van der Waals surface area contributed by atoms with E-state index in [1.54, 1.807) is 0 Å². The van der Waals surface area contributed by atoms with E-state index in [1.807, 2.05) is 0 Å². The maximum atomic E-state index is 12.4. The Balaban J connectivity index is 2.11. The fraction of sp³-hybridized carbons (Fsp3) is 1.00. The lowest BCUT2D eigenvalue weighted by Gasteiger charge is -2.38. The molecule has 0 radical (unpaired) electrons. The molecule has 0 aromatic carbocycles. The van der Waals surface area contributed by atoms with Crippen molar-refractivity contribution in [3.8, 4) is 0 Å². The molecular weight excluding hydrogens is 312 g/mol. The summed E-state index contributed by atoms with van der Waals surface area (Å²) in [5.74, 6) is 0. The molecule has 2 fully saturated rings. The molecule has 0 aromatic rings. The molecule has 0 amide bonds.